The van der Waals surface area contributed by atoms with Gasteiger partial charge >= 0.3 is 0 Å². The molecule has 1 atom stereocenters. The molecule has 1 unspecified atom stereocenters. The lowest BCUT2D eigenvalue weighted by molar-refractivity contribution is 0.265. The van der Waals surface area contributed by atoms with Crippen molar-refractivity contribution in [3.8, 4) is 6.19 Å². The Balaban J connectivity index is 1.97. The lowest BCUT2D eigenvalue weighted by Crippen LogP contribution is -2.30. The smallest absolute Gasteiger partial charge is 0.179 e. The molecule has 1 saturated carbocycles. The Morgan fingerprint density at radius 3 is 2.50 bits per heavy atom. The molecule has 0 aromatic carbocycles. The van der Waals surface area contributed by atoms with Gasteiger partial charge in [0.1, 0.15) is 0 Å². The number of hydrogen-bond acceptors (Lipinski definition) is 2. The minimum absolute atomic E-state index is 0.609. The Morgan fingerprint density at radius 2 is 1.83 bits per heavy atom. The average molecular weight is 164 g/mol. The van der Waals surface area contributed by atoms with E-state index in [0.29, 0.717) is 6.04 Å². The van der Waals surface area contributed by atoms with Crippen molar-refractivity contribution in [2.75, 3.05) is 6.54 Å². The predicted octanol–water partition coefficient (Wildman–Crippen LogP) is 2.12. The first kappa shape index (κ1) is 7.91. The summed E-state index contributed by atoms with van der Waals surface area (Å²) in [5.41, 5.74) is 0. The molecule has 0 amide bonds. The zero-order valence-electron chi connectivity index (χ0n) is 7.50. The number of rotatable bonds is 1. The van der Waals surface area contributed by atoms with Crippen molar-refractivity contribution in [3.63, 3.8) is 0 Å². The van der Waals surface area contributed by atoms with Crippen molar-refractivity contribution in [2.24, 2.45) is 5.92 Å². The number of hydrogen-bond donors (Lipinski definition) is 0. The van der Waals surface area contributed by atoms with E-state index in [1.807, 2.05) is 4.90 Å². The van der Waals surface area contributed by atoms with Gasteiger partial charge in [-0.2, -0.15) is 5.26 Å². The third-order valence-corrected chi connectivity index (χ3v) is 3.37. The highest BCUT2D eigenvalue weighted by molar-refractivity contribution is 4.93. The van der Waals surface area contributed by atoms with Crippen LogP contribution in [0.1, 0.15) is 38.5 Å². The second-order valence-electron chi connectivity index (χ2n) is 4.05. The summed E-state index contributed by atoms with van der Waals surface area (Å²) in [5, 5.41) is 8.87. The van der Waals surface area contributed by atoms with Crippen LogP contribution in [0.2, 0.25) is 0 Å². The highest BCUT2D eigenvalue weighted by Gasteiger charge is 2.32. The van der Waals surface area contributed by atoms with Crippen LogP contribution in [-0.2, 0) is 0 Å². The molecule has 2 nitrogen and oxygen atoms in total. The summed E-state index contributed by atoms with van der Waals surface area (Å²) in [7, 11) is 0. The first-order valence-electron chi connectivity index (χ1n) is 5.08. The zero-order chi connectivity index (χ0) is 8.39. The van der Waals surface area contributed by atoms with Crippen LogP contribution in [0.5, 0.6) is 0 Å². The molecule has 0 aromatic rings. The first-order chi connectivity index (χ1) is 5.92. The quantitative estimate of drug-likeness (QED) is 0.555. The van der Waals surface area contributed by atoms with Gasteiger partial charge in [-0.15, -0.1) is 0 Å². The highest BCUT2D eigenvalue weighted by atomic mass is 15.2. The molecule has 2 heteroatoms. The monoisotopic (exact) mass is 164 g/mol. The maximum atomic E-state index is 8.87. The van der Waals surface area contributed by atoms with Gasteiger partial charge in [0, 0.05) is 12.6 Å². The second-order valence-corrected chi connectivity index (χ2v) is 4.05. The first-order valence-corrected chi connectivity index (χ1v) is 5.08. The van der Waals surface area contributed by atoms with Gasteiger partial charge in [0.25, 0.3) is 0 Å². The van der Waals surface area contributed by atoms with Crippen molar-refractivity contribution >= 4 is 0 Å². The van der Waals surface area contributed by atoms with Crippen LogP contribution in [0.15, 0.2) is 0 Å². The third kappa shape index (κ3) is 1.29. The molecule has 0 N–H and O–H groups in total. The fraction of sp³-hybridized carbons (Fsp3) is 0.900. The van der Waals surface area contributed by atoms with Crippen molar-refractivity contribution in [1.29, 1.82) is 5.26 Å². The molecule has 12 heavy (non-hydrogen) atoms. The molecule has 1 aliphatic carbocycles. The predicted molar refractivity (Wildman–Crippen MR) is 47.3 cm³/mol. The van der Waals surface area contributed by atoms with Crippen LogP contribution in [0, 0.1) is 17.4 Å². The van der Waals surface area contributed by atoms with Crippen LogP contribution in [-0.4, -0.2) is 17.5 Å². The van der Waals surface area contributed by atoms with Crippen LogP contribution in [0.3, 0.4) is 0 Å². The van der Waals surface area contributed by atoms with E-state index in [4.69, 9.17) is 5.26 Å². The minimum atomic E-state index is 0.609. The van der Waals surface area contributed by atoms with Crippen LogP contribution in [0.4, 0.5) is 0 Å². The summed E-state index contributed by atoms with van der Waals surface area (Å²) in [5.74, 6) is 0.840. The van der Waals surface area contributed by atoms with E-state index in [-0.39, 0.29) is 0 Å². The van der Waals surface area contributed by atoms with Gasteiger partial charge < -0.3 is 4.90 Å². The largest absolute Gasteiger partial charge is 0.307 e. The zero-order valence-corrected chi connectivity index (χ0v) is 7.50. The molecule has 0 radical (unpaired) electrons. The van der Waals surface area contributed by atoms with Gasteiger partial charge in [0.2, 0.25) is 0 Å². The molecular formula is C10H16N2. The van der Waals surface area contributed by atoms with E-state index in [1.165, 1.54) is 38.5 Å². The standard InChI is InChI=1S/C10H16N2/c11-8-12-7-3-6-10(12)9-4-1-2-5-9/h9-10H,1-7H2. The van der Waals surface area contributed by atoms with Gasteiger partial charge in [0.15, 0.2) is 6.19 Å². The molecule has 0 aromatic heterocycles. The average Bonchev–Trinajstić information content (AvgIpc) is 2.74. The van der Waals surface area contributed by atoms with Gasteiger partial charge in [0.05, 0.1) is 0 Å². The molecular weight excluding hydrogens is 148 g/mol. The molecule has 0 spiro atoms. The van der Waals surface area contributed by atoms with Crippen molar-refractivity contribution < 1.29 is 0 Å². The summed E-state index contributed by atoms with van der Waals surface area (Å²) in [6.45, 7) is 1.01. The van der Waals surface area contributed by atoms with E-state index in [2.05, 4.69) is 6.19 Å². The molecule has 1 heterocycles. The maximum Gasteiger partial charge on any atom is 0.179 e. The Labute approximate surface area is 74.2 Å². The second kappa shape index (κ2) is 3.35. The summed E-state index contributed by atoms with van der Waals surface area (Å²) >= 11 is 0. The van der Waals surface area contributed by atoms with Crippen LogP contribution >= 0.6 is 0 Å². The Kier molecular flexibility index (Phi) is 2.21. The van der Waals surface area contributed by atoms with Gasteiger partial charge in [-0.25, -0.2) is 0 Å². The van der Waals surface area contributed by atoms with Crippen molar-refractivity contribution in [2.45, 2.75) is 44.6 Å². The Hall–Kier alpha value is -0.710. The van der Waals surface area contributed by atoms with E-state index in [9.17, 15) is 0 Å². The molecule has 2 aliphatic rings. The summed E-state index contributed by atoms with van der Waals surface area (Å²) in [6.07, 6.45) is 10.3. The van der Waals surface area contributed by atoms with E-state index < -0.39 is 0 Å². The molecule has 1 aliphatic heterocycles. The van der Waals surface area contributed by atoms with Gasteiger partial charge in [-0.1, -0.05) is 12.8 Å². The van der Waals surface area contributed by atoms with E-state index in [1.54, 1.807) is 0 Å². The number of nitriles is 1. The Morgan fingerprint density at radius 1 is 1.08 bits per heavy atom. The topological polar surface area (TPSA) is 27.0 Å². The minimum Gasteiger partial charge on any atom is -0.307 e. The van der Waals surface area contributed by atoms with Crippen molar-refractivity contribution in [1.82, 2.24) is 4.90 Å². The van der Waals surface area contributed by atoms with Crippen LogP contribution < -0.4 is 0 Å². The molecule has 2 fully saturated rings. The summed E-state index contributed by atoms with van der Waals surface area (Å²) < 4.78 is 0. The molecule has 0 bridgehead atoms. The van der Waals surface area contributed by atoms with Crippen LogP contribution in [0.25, 0.3) is 0 Å². The van der Waals surface area contributed by atoms with Gasteiger partial charge in [-0.05, 0) is 31.6 Å². The SMILES string of the molecule is N#CN1CCCC1C1CCCC1. The fourth-order valence-corrected chi connectivity index (χ4v) is 2.75. The number of nitrogens with zero attached hydrogens (tertiary/aromatic N) is 2. The molecule has 1 saturated heterocycles. The number of likely N-dealkylation sites (tertiary alicyclic amines) is 1. The van der Waals surface area contributed by atoms with E-state index in [0.717, 1.165) is 12.5 Å². The Bertz CT molecular complexity index is 189. The van der Waals surface area contributed by atoms with E-state index >= 15 is 0 Å². The summed E-state index contributed by atoms with van der Waals surface area (Å²) in [6, 6.07) is 0.609. The molecule has 66 valence electrons. The fourth-order valence-electron chi connectivity index (χ4n) is 2.75. The lowest BCUT2D eigenvalue weighted by Gasteiger charge is -2.24. The summed E-state index contributed by atoms with van der Waals surface area (Å²) in [4.78, 5) is 2.01. The van der Waals surface area contributed by atoms with Crippen molar-refractivity contribution in [3.05, 3.63) is 0 Å². The normalized spacial score (nSPS) is 30.9. The maximum absolute atomic E-state index is 8.87. The van der Waals surface area contributed by atoms with Gasteiger partial charge in [-0.3, -0.25) is 0 Å². The lowest BCUT2D eigenvalue weighted by atomic mass is 9.96. The highest BCUT2D eigenvalue weighted by Crippen LogP contribution is 2.34. The molecule has 2 rings (SSSR count). The third-order valence-electron chi connectivity index (χ3n) is 3.37.